The smallest absolute Gasteiger partial charge is 0.212 e. The largest absolute Gasteiger partial charge is 0.224 e. The molecule has 1 rings (SSSR count). The van der Waals surface area contributed by atoms with Gasteiger partial charge >= 0.3 is 0 Å². The maximum atomic E-state index is 5.51. The first kappa shape index (κ1) is 7.50. The van der Waals surface area contributed by atoms with Crippen molar-refractivity contribution in [1.29, 1.82) is 0 Å². The third kappa shape index (κ3) is 2.23. The molecule has 5 heteroatoms. The molecule has 0 aromatic carbocycles. The average molecular weight is 275 g/mol. The van der Waals surface area contributed by atoms with Crippen LogP contribution in [0.15, 0.2) is 6.07 Å². The first-order valence-corrected chi connectivity index (χ1v) is 3.87. The molecule has 0 N–H and O–H groups in total. The van der Waals surface area contributed by atoms with E-state index < -0.39 is 0 Å². The molecule has 0 bridgehead atoms. The summed E-state index contributed by atoms with van der Waals surface area (Å²) in [5, 5.41) is 0.561. The lowest BCUT2D eigenvalue weighted by Gasteiger charge is -1.90. The van der Waals surface area contributed by atoms with Gasteiger partial charge in [0.05, 0.1) is 0 Å². The van der Waals surface area contributed by atoms with Gasteiger partial charge in [0.25, 0.3) is 0 Å². The first-order valence-electron chi connectivity index (χ1n) is 2.04. The minimum absolute atomic E-state index is 0.187. The Morgan fingerprint density at radius 1 is 1.33 bits per heavy atom. The van der Waals surface area contributed by atoms with E-state index in [0.717, 1.165) is 3.70 Å². The second-order valence-corrected chi connectivity index (χ2v) is 3.11. The SMILES string of the molecule is Clc1cc(I)nc(Cl)n1. The molecule has 0 aliphatic heterocycles. The van der Waals surface area contributed by atoms with Gasteiger partial charge in [-0.2, -0.15) is 0 Å². The summed E-state index contributed by atoms with van der Waals surface area (Å²) in [5.41, 5.74) is 0. The lowest BCUT2D eigenvalue weighted by molar-refractivity contribution is 1.14. The molecule has 0 aliphatic rings. The van der Waals surface area contributed by atoms with Crippen LogP contribution >= 0.6 is 45.8 Å². The first-order chi connectivity index (χ1) is 4.18. The number of hydrogen-bond donors (Lipinski definition) is 0. The zero-order valence-electron chi connectivity index (χ0n) is 4.11. The third-order valence-electron chi connectivity index (χ3n) is 0.636. The second-order valence-electron chi connectivity index (χ2n) is 1.28. The van der Waals surface area contributed by atoms with Crippen molar-refractivity contribution in [1.82, 2.24) is 9.97 Å². The molecule has 0 unspecified atom stereocenters. The molecule has 0 atom stereocenters. The van der Waals surface area contributed by atoms with Crippen LogP contribution in [-0.2, 0) is 0 Å². The van der Waals surface area contributed by atoms with Crippen molar-refractivity contribution in [3.05, 3.63) is 20.2 Å². The van der Waals surface area contributed by atoms with Gasteiger partial charge in [-0.15, -0.1) is 0 Å². The molecule has 48 valence electrons. The van der Waals surface area contributed by atoms with E-state index in [4.69, 9.17) is 23.2 Å². The van der Waals surface area contributed by atoms with Crippen molar-refractivity contribution in [2.24, 2.45) is 0 Å². The molecule has 0 aliphatic carbocycles. The van der Waals surface area contributed by atoms with Crippen LogP contribution in [0.2, 0.25) is 10.4 Å². The fourth-order valence-electron chi connectivity index (χ4n) is 0.364. The Morgan fingerprint density at radius 3 is 2.44 bits per heavy atom. The summed E-state index contributed by atoms with van der Waals surface area (Å²) in [6.45, 7) is 0. The fraction of sp³-hybridized carbons (Fsp3) is 0. The van der Waals surface area contributed by atoms with Gasteiger partial charge in [0, 0.05) is 6.07 Å². The van der Waals surface area contributed by atoms with Gasteiger partial charge in [0.1, 0.15) is 8.85 Å². The summed E-state index contributed by atoms with van der Waals surface area (Å²) < 4.78 is 0.748. The summed E-state index contributed by atoms with van der Waals surface area (Å²) >= 11 is 13.0. The molecule has 0 fully saturated rings. The Labute approximate surface area is 75.7 Å². The molecule has 1 aromatic rings. The Bertz CT molecular complexity index is 177. The van der Waals surface area contributed by atoms with Crippen molar-refractivity contribution in [3.8, 4) is 0 Å². The van der Waals surface area contributed by atoms with Gasteiger partial charge in [0.15, 0.2) is 0 Å². The summed E-state index contributed by atoms with van der Waals surface area (Å²) in [4.78, 5) is 7.44. The molecule has 0 spiro atoms. The van der Waals surface area contributed by atoms with Crippen molar-refractivity contribution < 1.29 is 0 Å². The molecule has 1 aromatic heterocycles. The van der Waals surface area contributed by atoms with Crippen LogP contribution in [0.1, 0.15) is 0 Å². The van der Waals surface area contributed by atoms with E-state index in [-0.39, 0.29) is 5.28 Å². The van der Waals surface area contributed by atoms with E-state index in [2.05, 4.69) is 9.97 Å². The molecule has 0 saturated heterocycles. The van der Waals surface area contributed by atoms with Gasteiger partial charge in [-0.25, -0.2) is 9.97 Å². The van der Waals surface area contributed by atoms with E-state index in [9.17, 15) is 0 Å². The van der Waals surface area contributed by atoms with E-state index in [0.29, 0.717) is 5.15 Å². The number of nitrogens with zero attached hydrogens (tertiary/aromatic N) is 2. The molecule has 9 heavy (non-hydrogen) atoms. The normalized spacial score (nSPS) is 9.67. The van der Waals surface area contributed by atoms with Crippen molar-refractivity contribution >= 4 is 45.8 Å². The molecule has 2 nitrogen and oxygen atoms in total. The van der Waals surface area contributed by atoms with Crippen LogP contribution in [0.25, 0.3) is 0 Å². The highest BCUT2D eigenvalue weighted by molar-refractivity contribution is 14.1. The number of halogens is 3. The topological polar surface area (TPSA) is 25.8 Å². The molecule has 0 saturated carbocycles. The summed E-state index contributed by atoms with van der Waals surface area (Å²) in [5.74, 6) is 0. The van der Waals surface area contributed by atoms with Crippen LogP contribution in [0.5, 0.6) is 0 Å². The average Bonchev–Trinajstić information content (AvgIpc) is 1.59. The molecule has 1 heterocycles. The zero-order chi connectivity index (χ0) is 6.85. The summed E-state index contributed by atoms with van der Waals surface area (Å²) in [7, 11) is 0. The predicted octanol–water partition coefficient (Wildman–Crippen LogP) is 2.39. The van der Waals surface area contributed by atoms with E-state index >= 15 is 0 Å². The fourth-order valence-corrected chi connectivity index (χ4v) is 1.62. The molecule has 0 radical (unpaired) electrons. The molecular weight excluding hydrogens is 274 g/mol. The van der Waals surface area contributed by atoms with Crippen molar-refractivity contribution in [2.75, 3.05) is 0 Å². The molecular formula is C4HCl2IN2. The third-order valence-corrected chi connectivity index (χ3v) is 1.55. The highest BCUT2D eigenvalue weighted by Crippen LogP contribution is 2.11. The zero-order valence-corrected chi connectivity index (χ0v) is 7.78. The summed E-state index contributed by atoms with van der Waals surface area (Å²) in [6.07, 6.45) is 0. The second kappa shape index (κ2) is 2.98. The van der Waals surface area contributed by atoms with Crippen molar-refractivity contribution in [3.63, 3.8) is 0 Å². The van der Waals surface area contributed by atoms with Crippen LogP contribution in [0, 0.1) is 3.70 Å². The monoisotopic (exact) mass is 274 g/mol. The van der Waals surface area contributed by atoms with Gasteiger partial charge in [0.2, 0.25) is 5.28 Å². The van der Waals surface area contributed by atoms with Crippen LogP contribution in [0.3, 0.4) is 0 Å². The summed E-state index contributed by atoms with van der Waals surface area (Å²) in [6, 6.07) is 1.63. The highest BCUT2D eigenvalue weighted by atomic mass is 127. The minimum atomic E-state index is 0.187. The van der Waals surface area contributed by atoms with Gasteiger partial charge in [-0.3, -0.25) is 0 Å². The van der Waals surface area contributed by atoms with E-state index in [1.807, 2.05) is 22.6 Å². The Hall–Kier alpha value is 0.390. The van der Waals surface area contributed by atoms with Gasteiger partial charge < -0.3 is 0 Å². The van der Waals surface area contributed by atoms with Crippen LogP contribution < -0.4 is 0 Å². The maximum absolute atomic E-state index is 5.51. The van der Waals surface area contributed by atoms with Crippen LogP contribution in [0.4, 0.5) is 0 Å². The predicted molar refractivity (Wildman–Crippen MR) is 44.8 cm³/mol. The lowest BCUT2D eigenvalue weighted by atomic mass is 10.7. The Kier molecular flexibility index (Phi) is 2.49. The lowest BCUT2D eigenvalue weighted by Crippen LogP contribution is -1.84. The Morgan fingerprint density at radius 2 is 2.00 bits per heavy atom. The molecule has 0 amide bonds. The van der Waals surface area contributed by atoms with E-state index in [1.54, 1.807) is 6.07 Å². The number of hydrogen-bond acceptors (Lipinski definition) is 2. The van der Waals surface area contributed by atoms with Crippen molar-refractivity contribution in [2.45, 2.75) is 0 Å². The van der Waals surface area contributed by atoms with E-state index in [1.165, 1.54) is 0 Å². The van der Waals surface area contributed by atoms with Gasteiger partial charge in [-0.05, 0) is 34.2 Å². The number of aromatic nitrogens is 2. The quantitative estimate of drug-likeness (QED) is 0.412. The van der Waals surface area contributed by atoms with Gasteiger partial charge in [-0.1, -0.05) is 11.6 Å². The minimum Gasteiger partial charge on any atom is -0.212 e. The Balaban J connectivity index is 3.17. The maximum Gasteiger partial charge on any atom is 0.224 e. The standard InChI is InChI=1S/C4HCl2IN2/c5-2-1-3(7)9-4(6)8-2/h1H. The van der Waals surface area contributed by atoms with Crippen LogP contribution in [-0.4, -0.2) is 9.97 Å². The number of rotatable bonds is 0. The highest BCUT2D eigenvalue weighted by Gasteiger charge is 1.95.